The van der Waals surface area contributed by atoms with Gasteiger partial charge in [0.2, 0.25) is 17.7 Å². The van der Waals surface area contributed by atoms with Gasteiger partial charge in [0, 0.05) is 40.2 Å². The topological polar surface area (TPSA) is 102 Å². The molecule has 22 heavy (non-hydrogen) atoms. The Morgan fingerprint density at radius 2 is 1.95 bits per heavy atom. The van der Waals surface area contributed by atoms with Crippen molar-refractivity contribution < 1.29 is 19.1 Å². The van der Waals surface area contributed by atoms with Gasteiger partial charge in [0.05, 0.1) is 0 Å². The number of nitrogens with one attached hydrogen (secondary N) is 1. The van der Waals surface area contributed by atoms with Gasteiger partial charge in [-0.25, -0.2) is 0 Å². The molecule has 0 spiro atoms. The van der Waals surface area contributed by atoms with Crippen LogP contribution in [0.1, 0.15) is 39.0 Å². The Kier molecular flexibility index (Phi) is 7.87. The second-order valence-electron chi connectivity index (χ2n) is 5.81. The molecule has 3 N–H and O–H groups in total. The molecule has 1 aliphatic heterocycles. The van der Waals surface area contributed by atoms with Gasteiger partial charge in [-0.1, -0.05) is 0 Å². The van der Waals surface area contributed by atoms with Crippen molar-refractivity contribution >= 4 is 17.7 Å². The molecule has 1 rings (SSSR count). The number of likely N-dealkylation sites (tertiary alicyclic amines) is 1. The monoisotopic (exact) mass is 313 g/mol. The Balaban J connectivity index is 2.51. The van der Waals surface area contributed by atoms with Crippen LogP contribution in [0.3, 0.4) is 0 Å². The molecular formula is C15H27N3O4. The van der Waals surface area contributed by atoms with E-state index in [4.69, 9.17) is 10.5 Å². The lowest BCUT2D eigenvalue weighted by Crippen LogP contribution is -2.50. The van der Waals surface area contributed by atoms with Crippen LogP contribution in [0.4, 0.5) is 0 Å². The van der Waals surface area contributed by atoms with Crippen molar-refractivity contribution in [3.63, 3.8) is 0 Å². The summed E-state index contributed by atoms with van der Waals surface area (Å²) in [5.74, 6) is -0.297. The van der Waals surface area contributed by atoms with E-state index in [2.05, 4.69) is 5.32 Å². The van der Waals surface area contributed by atoms with Gasteiger partial charge in [-0.2, -0.15) is 0 Å². The van der Waals surface area contributed by atoms with E-state index in [1.807, 2.05) is 0 Å². The first kappa shape index (κ1) is 18.4. The molecule has 7 heteroatoms. The number of amides is 3. The van der Waals surface area contributed by atoms with Crippen LogP contribution in [0.5, 0.6) is 0 Å². The fourth-order valence-corrected chi connectivity index (χ4v) is 2.74. The summed E-state index contributed by atoms with van der Waals surface area (Å²) >= 11 is 0. The summed E-state index contributed by atoms with van der Waals surface area (Å²) in [4.78, 5) is 36.4. The highest BCUT2D eigenvalue weighted by atomic mass is 16.5. The Morgan fingerprint density at radius 1 is 1.32 bits per heavy atom. The van der Waals surface area contributed by atoms with E-state index < -0.39 is 11.9 Å². The fourth-order valence-electron chi connectivity index (χ4n) is 2.74. The van der Waals surface area contributed by atoms with Gasteiger partial charge in [-0.3, -0.25) is 14.4 Å². The van der Waals surface area contributed by atoms with E-state index in [-0.39, 0.29) is 24.7 Å². The summed E-state index contributed by atoms with van der Waals surface area (Å²) < 4.78 is 5.08. The largest absolute Gasteiger partial charge is 0.385 e. The van der Waals surface area contributed by atoms with Crippen LogP contribution < -0.4 is 11.1 Å². The molecule has 0 bridgehead atoms. The maximum atomic E-state index is 12.5. The van der Waals surface area contributed by atoms with E-state index in [9.17, 15) is 14.4 Å². The Labute approximate surface area is 131 Å². The first-order chi connectivity index (χ1) is 10.4. The van der Waals surface area contributed by atoms with Crippen LogP contribution in [-0.4, -0.2) is 55.5 Å². The second kappa shape index (κ2) is 9.40. The van der Waals surface area contributed by atoms with Gasteiger partial charge in [0.15, 0.2) is 0 Å². The third-order valence-electron chi connectivity index (χ3n) is 4.01. The predicted octanol–water partition coefficient (Wildman–Crippen LogP) is 0.0317. The third kappa shape index (κ3) is 6.43. The van der Waals surface area contributed by atoms with E-state index >= 15 is 0 Å². The van der Waals surface area contributed by atoms with Gasteiger partial charge in [-0.15, -0.1) is 0 Å². The predicted molar refractivity (Wildman–Crippen MR) is 81.8 cm³/mol. The fraction of sp³-hybridized carbons (Fsp3) is 0.800. The van der Waals surface area contributed by atoms with Crippen molar-refractivity contribution in [1.29, 1.82) is 0 Å². The van der Waals surface area contributed by atoms with Gasteiger partial charge in [0.1, 0.15) is 6.04 Å². The molecule has 0 unspecified atom stereocenters. The molecule has 0 aromatic rings. The number of carbonyl (C=O) groups is 3. The van der Waals surface area contributed by atoms with Crippen molar-refractivity contribution in [2.24, 2.45) is 11.7 Å². The molecule has 7 nitrogen and oxygen atoms in total. The Hall–Kier alpha value is -1.63. The van der Waals surface area contributed by atoms with Crippen molar-refractivity contribution in [3.8, 4) is 0 Å². The molecule has 0 radical (unpaired) electrons. The maximum Gasteiger partial charge on any atom is 0.245 e. The second-order valence-corrected chi connectivity index (χ2v) is 5.81. The van der Waals surface area contributed by atoms with Crippen LogP contribution in [0.15, 0.2) is 0 Å². The average Bonchev–Trinajstić information content (AvgIpc) is 2.48. The van der Waals surface area contributed by atoms with Crippen molar-refractivity contribution in [3.05, 3.63) is 0 Å². The van der Waals surface area contributed by atoms with Crippen molar-refractivity contribution in [2.75, 3.05) is 26.8 Å². The summed E-state index contributed by atoms with van der Waals surface area (Å²) in [6, 6.07) is -0.666. The number of methoxy groups -OCH3 is 1. The van der Waals surface area contributed by atoms with Gasteiger partial charge >= 0.3 is 0 Å². The molecule has 126 valence electrons. The SMILES string of the molecule is COCCC1CCN(C(=O)[C@H](CCC(N)=O)NC(C)=O)CC1. The van der Waals surface area contributed by atoms with E-state index in [1.165, 1.54) is 6.92 Å². The summed E-state index contributed by atoms with van der Waals surface area (Å²) in [7, 11) is 1.69. The molecular weight excluding hydrogens is 286 g/mol. The number of piperidine rings is 1. The molecule has 1 saturated heterocycles. The lowest BCUT2D eigenvalue weighted by atomic mass is 9.93. The highest BCUT2D eigenvalue weighted by molar-refractivity contribution is 5.87. The highest BCUT2D eigenvalue weighted by Crippen LogP contribution is 2.21. The molecule has 3 amide bonds. The van der Waals surface area contributed by atoms with Gasteiger partial charge < -0.3 is 20.7 Å². The Morgan fingerprint density at radius 3 is 2.45 bits per heavy atom. The normalized spacial score (nSPS) is 17.1. The lowest BCUT2D eigenvalue weighted by molar-refractivity contribution is -0.137. The van der Waals surface area contributed by atoms with E-state index in [0.29, 0.717) is 19.0 Å². The van der Waals surface area contributed by atoms with Crippen LogP contribution in [-0.2, 0) is 19.1 Å². The minimum absolute atomic E-state index is 0.0843. The quantitative estimate of drug-likeness (QED) is 0.660. The van der Waals surface area contributed by atoms with Crippen LogP contribution in [0.2, 0.25) is 0 Å². The number of hydrogen-bond acceptors (Lipinski definition) is 4. The number of nitrogens with zero attached hydrogens (tertiary/aromatic N) is 1. The van der Waals surface area contributed by atoms with E-state index in [1.54, 1.807) is 12.0 Å². The third-order valence-corrected chi connectivity index (χ3v) is 4.01. The number of ether oxygens (including phenoxy) is 1. The number of carbonyl (C=O) groups excluding carboxylic acids is 3. The summed E-state index contributed by atoms with van der Waals surface area (Å²) in [6.07, 6.45) is 3.23. The Bertz CT molecular complexity index is 392. The summed E-state index contributed by atoms with van der Waals surface area (Å²) in [6.45, 7) is 3.47. The maximum absolute atomic E-state index is 12.5. The zero-order chi connectivity index (χ0) is 16.5. The van der Waals surface area contributed by atoms with Gasteiger partial charge in [0.25, 0.3) is 0 Å². The molecule has 1 atom stereocenters. The van der Waals surface area contributed by atoms with Crippen molar-refractivity contribution in [2.45, 2.75) is 45.1 Å². The molecule has 1 aliphatic rings. The molecule has 0 aliphatic carbocycles. The zero-order valence-electron chi connectivity index (χ0n) is 13.5. The highest BCUT2D eigenvalue weighted by Gasteiger charge is 2.28. The van der Waals surface area contributed by atoms with Crippen LogP contribution >= 0.6 is 0 Å². The summed E-state index contributed by atoms with van der Waals surface area (Å²) in [5.41, 5.74) is 5.13. The molecule has 1 heterocycles. The van der Waals surface area contributed by atoms with Crippen LogP contribution in [0, 0.1) is 5.92 Å². The molecule has 0 saturated carbocycles. The average molecular weight is 313 g/mol. The van der Waals surface area contributed by atoms with Crippen molar-refractivity contribution in [1.82, 2.24) is 10.2 Å². The number of nitrogens with two attached hydrogens (primary N) is 1. The minimum Gasteiger partial charge on any atom is -0.385 e. The summed E-state index contributed by atoms with van der Waals surface area (Å²) in [5, 5.41) is 2.62. The number of primary amides is 1. The first-order valence-corrected chi connectivity index (χ1v) is 7.77. The first-order valence-electron chi connectivity index (χ1n) is 7.77. The lowest BCUT2D eigenvalue weighted by Gasteiger charge is -2.34. The number of hydrogen-bond donors (Lipinski definition) is 2. The molecule has 0 aromatic heterocycles. The molecule has 1 fully saturated rings. The standard InChI is InChI=1S/C15H27N3O4/c1-11(19)17-13(3-4-14(16)20)15(21)18-8-5-12(6-9-18)7-10-22-2/h12-13H,3-10H2,1-2H3,(H2,16,20)(H,17,19)/t13-/m0/s1. The smallest absolute Gasteiger partial charge is 0.245 e. The molecule has 0 aromatic carbocycles. The number of rotatable bonds is 8. The van der Waals surface area contributed by atoms with E-state index in [0.717, 1.165) is 25.9 Å². The van der Waals surface area contributed by atoms with Gasteiger partial charge in [-0.05, 0) is 31.6 Å². The zero-order valence-corrected chi connectivity index (χ0v) is 13.5. The van der Waals surface area contributed by atoms with Crippen LogP contribution in [0.25, 0.3) is 0 Å². The minimum atomic E-state index is -0.666.